The summed E-state index contributed by atoms with van der Waals surface area (Å²) in [5.74, 6) is -1.40. The Balaban J connectivity index is 2.39. The Kier molecular flexibility index (Phi) is 6.16. The molecular weight excluding hydrogens is 256 g/mol. The normalized spacial score (nSPS) is 11.8. The molecule has 98 valence electrons. The van der Waals surface area contributed by atoms with Gasteiger partial charge in [-0.05, 0) is 12.1 Å². The summed E-state index contributed by atoms with van der Waals surface area (Å²) < 4.78 is 0. The number of carboxylic acid groups (broad SMARTS) is 1. The summed E-state index contributed by atoms with van der Waals surface area (Å²) in [4.78, 5) is 27.0. The van der Waals surface area contributed by atoms with Gasteiger partial charge in [0.25, 0.3) is 0 Å². The fourth-order valence-corrected chi connectivity index (χ4v) is 1.90. The number of carboxylic acids is 1. The molecule has 1 heterocycles. The van der Waals surface area contributed by atoms with Gasteiger partial charge in [0.1, 0.15) is 6.04 Å². The van der Waals surface area contributed by atoms with E-state index < -0.39 is 12.0 Å². The van der Waals surface area contributed by atoms with E-state index in [1.54, 1.807) is 24.5 Å². The lowest BCUT2D eigenvalue weighted by atomic mass is 10.2. The number of aromatic nitrogens is 1. The minimum Gasteiger partial charge on any atom is -0.480 e. The van der Waals surface area contributed by atoms with Gasteiger partial charge in [-0.25, -0.2) is 4.79 Å². The zero-order chi connectivity index (χ0) is 13.4. The topological polar surface area (TPSA) is 99.5 Å². The van der Waals surface area contributed by atoms with Crippen molar-refractivity contribution in [3.8, 4) is 0 Å². The van der Waals surface area contributed by atoms with Crippen molar-refractivity contribution >= 4 is 23.6 Å². The third-order valence-corrected chi connectivity index (χ3v) is 3.08. The second kappa shape index (κ2) is 7.67. The zero-order valence-electron chi connectivity index (χ0n) is 9.57. The van der Waals surface area contributed by atoms with Gasteiger partial charge in [0.2, 0.25) is 5.91 Å². The number of amides is 1. The van der Waals surface area contributed by atoms with Crippen molar-refractivity contribution in [2.45, 2.75) is 17.4 Å². The van der Waals surface area contributed by atoms with Crippen molar-refractivity contribution in [1.82, 2.24) is 10.3 Å². The van der Waals surface area contributed by atoms with E-state index in [1.807, 2.05) is 0 Å². The maximum absolute atomic E-state index is 11.5. The molecule has 0 fully saturated rings. The van der Waals surface area contributed by atoms with Gasteiger partial charge in [-0.15, -0.1) is 11.8 Å². The van der Waals surface area contributed by atoms with Gasteiger partial charge < -0.3 is 15.5 Å². The average Bonchev–Trinajstić information content (AvgIpc) is 2.37. The number of pyridine rings is 1. The van der Waals surface area contributed by atoms with E-state index >= 15 is 0 Å². The van der Waals surface area contributed by atoms with Crippen LogP contribution >= 0.6 is 11.8 Å². The molecule has 6 nitrogen and oxygen atoms in total. The molecule has 0 spiro atoms. The number of aliphatic hydroxyl groups excluding tert-OH is 1. The van der Waals surface area contributed by atoms with Gasteiger partial charge in [0.15, 0.2) is 0 Å². The summed E-state index contributed by atoms with van der Waals surface area (Å²) >= 11 is 1.29. The highest BCUT2D eigenvalue weighted by atomic mass is 32.2. The molecule has 0 aliphatic heterocycles. The Morgan fingerprint density at radius 1 is 1.39 bits per heavy atom. The summed E-state index contributed by atoms with van der Waals surface area (Å²) in [6.45, 7) is -0.283. The highest BCUT2D eigenvalue weighted by Crippen LogP contribution is 2.15. The van der Waals surface area contributed by atoms with Crippen LogP contribution in [0, 0.1) is 0 Å². The molecule has 18 heavy (non-hydrogen) atoms. The Morgan fingerprint density at radius 3 is 2.61 bits per heavy atom. The summed E-state index contributed by atoms with van der Waals surface area (Å²) in [5.41, 5.74) is 0. The fraction of sp³-hybridized carbons (Fsp3) is 0.364. The van der Waals surface area contributed by atoms with Crippen LogP contribution < -0.4 is 5.32 Å². The Bertz CT molecular complexity index is 399. The lowest BCUT2D eigenvalue weighted by Crippen LogP contribution is -2.42. The van der Waals surface area contributed by atoms with Gasteiger partial charge in [0, 0.05) is 30.3 Å². The second-order valence-electron chi connectivity index (χ2n) is 3.44. The third-order valence-electron chi connectivity index (χ3n) is 2.07. The quantitative estimate of drug-likeness (QED) is 0.609. The average molecular weight is 270 g/mol. The highest BCUT2D eigenvalue weighted by molar-refractivity contribution is 8.00. The molecule has 1 aromatic heterocycles. The molecule has 1 unspecified atom stereocenters. The molecule has 1 amide bonds. The standard InChI is InChI=1S/C11H14N2O4S/c14-6-3-9(11(16)17)13-10(15)7-18-8-1-4-12-5-2-8/h1-2,4-5,9,14H,3,6-7H2,(H,13,15)(H,16,17). The van der Waals surface area contributed by atoms with Gasteiger partial charge in [0.05, 0.1) is 5.75 Å². The van der Waals surface area contributed by atoms with Crippen LogP contribution in [-0.2, 0) is 9.59 Å². The van der Waals surface area contributed by atoms with Crippen LogP contribution in [0.2, 0.25) is 0 Å². The predicted molar refractivity (Wildman–Crippen MR) is 66.2 cm³/mol. The monoisotopic (exact) mass is 270 g/mol. The Morgan fingerprint density at radius 2 is 2.06 bits per heavy atom. The minimum absolute atomic E-state index is 0.000989. The van der Waals surface area contributed by atoms with E-state index in [4.69, 9.17) is 10.2 Å². The largest absolute Gasteiger partial charge is 0.480 e. The Labute approximate surface area is 108 Å². The first kappa shape index (κ1) is 14.5. The Hall–Kier alpha value is -1.60. The molecule has 0 saturated carbocycles. The summed E-state index contributed by atoms with van der Waals surface area (Å²) in [6, 6.07) is 2.49. The lowest BCUT2D eigenvalue weighted by molar-refractivity contribution is -0.141. The molecule has 3 N–H and O–H groups in total. The van der Waals surface area contributed by atoms with E-state index in [-0.39, 0.29) is 24.7 Å². The lowest BCUT2D eigenvalue weighted by Gasteiger charge is -2.12. The second-order valence-corrected chi connectivity index (χ2v) is 4.49. The van der Waals surface area contributed by atoms with E-state index in [9.17, 15) is 9.59 Å². The number of aliphatic hydroxyl groups is 1. The van der Waals surface area contributed by atoms with Crippen LogP contribution in [0.4, 0.5) is 0 Å². The molecular formula is C11H14N2O4S. The first-order valence-electron chi connectivity index (χ1n) is 5.29. The first-order chi connectivity index (χ1) is 8.63. The smallest absolute Gasteiger partial charge is 0.326 e. The van der Waals surface area contributed by atoms with Crippen molar-refractivity contribution < 1.29 is 19.8 Å². The number of nitrogens with zero attached hydrogens (tertiary/aromatic N) is 1. The molecule has 7 heteroatoms. The van der Waals surface area contributed by atoms with Crippen molar-refractivity contribution in [2.24, 2.45) is 0 Å². The van der Waals surface area contributed by atoms with E-state index in [0.29, 0.717) is 0 Å². The molecule has 1 atom stereocenters. The van der Waals surface area contributed by atoms with Crippen LogP contribution in [0.1, 0.15) is 6.42 Å². The van der Waals surface area contributed by atoms with E-state index in [0.717, 1.165) is 4.90 Å². The van der Waals surface area contributed by atoms with Crippen LogP contribution in [0.15, 0.2) is 29.4 Å². The number of carbonyl (C=O) groups is 2. The van der Waals surface area contributed by atoms with Gasteiger partial charge in [-0.2, -0.15) is 0 Å². The van der Waals surface area contributed by atoms with Gasteiger partial charge >= 0.3 is 5.97 Å². The molecule has 0 saturated heterocycles. The zero-order valence-corrected chi connectivity index (χ0v) is 10.4. The maximum Gasteiger partial charge on any atom is 0.326 e. The van der Waals surface area contributed by atoms with Gasteiger partial charge in [-0.1, -0.05) is 0 Å². The number of carbonyl (C=O) groups excluding carboxylic acids is 1. The van der Waals surface area contributed by atoms with Crippen LogP contribution in [0.3, 0.4) is 0 Å². The number of nitrogens with one attached hydrogen (secondary N) is 1. The van der Waals surface area contributed by atoms with Crippen LogP contribution in [0.5, 0.6) is 0 Å². The molecule has 1 aromatic rings. The number of aliphatic carboxylic acids is 1. The van der Waals surface area contributed by atoms with E-state index in [2.05, 4.69) is 10.3 Å². The van der Waals surface area contributed by atoms with Crippen molar-refractivity contribution in [3.05, 3.63) is 24.5 Å². The number of thioether (sulfide) groups is 1. The molecule has 0 aliphatic rings. The number of hydrogen-bond acceptors (Lipinski definition) is 5. The molecule has 0 bridgehead atoms. The van der Waals surface area contributed by atoms with Crippen molar-refractivity contribution in [1.29, 1.82) is 0 Å². The number of hydrogen-bond donors (Lipinski definition) is 3. The SMILES string of the molecule is O=C(CSc1ccncc1)NC(CCO)C(=O)O. The van der Waals surface area contributed by atoms with E-state index in [1.165, 1.54) is 11.8 Å². The minimum atomic E-state index is -1.15. The predicted octanol–water partition coefficient (Wildman–Crippen LogP) is 0.125. The molecule has 0 aliphatic carbocycles. The fourth-order valence-electron chi connectivity index (χ4n) is 1.21. The summed E-state index contributed by atoms with van der Waals surface area (Å²) in [7, 11) is 0. The third kappa shape index (κ3) is 5.15. The van der Waals surface area contributed by atoms with Crippen LogP contribution in [-0.4, -0.2) is 45.5 Å². The summed E-state index contributed by atoms with van der Waals surface area (Å²) in [5, 5.41) is 19.8. The van der Waals surface area contributed by atoms with Gasteiger partial charge in [-0.3, -0.25) is 9.78 Å². The molecule has 0 aromatic carbocycles. The van der Waals surface area contributed by atoms with Crippen LogP contribution in [0.25, 0.3) is 0 Å². The first-order valence-corrected chi connectivity index (χ1v) is 6.28. The van der Waals surface area contributed by atoms with Crippen molar-refractivity contribution in [3.63, 3.8) is 0 Å². The number of rotatable bonds is 7. The maximum atomic E-state index is 11.5. The molecule has 1 rings (SSSR count). The molecule has 0 radical (unpaired) electrons. The highest BCUT2D eigenvalue weighted by Gasteiger charge is 2.18. The van der Waals surface area contributed by atoms with Crippen molar-refractivity contribution in [2.75, 3.05) is 12.4 Å². The summed E-state index contributed by atoms with van der Waals surface area (Å²) in [6.07, 6.45) is 3.24.